The second kappa shape index (κ2) is 6.91. The summed E-state index contributed by atoms with van der Waals surface area (Å²) >= 11 is 1.29. The molecule has 0 bridgehead atoms. The van der Waals surface area contributed by atoms with E-state index in [9.17, 15) is 9.59 Å². The third kappa shape index (κ3) is 5.36. The van der Waals surface area contributed by atoms with Gasteiger partial charge in [-0.05, 0) is 24.1 Å². The minimum atomic E-state index is -0.924. The van der Waals surface area contributed by atoms with Gasteiger partial charge in [0.05, 0.1) is 5.56 Å². The lowest BCUT2D eigenvalue weighted by atomic mass is 10.1. The zero-order valence-corrected chi connectivity index (χ0v) is 10.4. The van der Waals surface area contributed by atoms with Gasteiger partial charge in [-0.15, -0.1) is 0 Å². The van der Waals surface area contributed by atoms with Crippen LogP contribution in [0, 0.1) is 0 Å². The number of thioether (sulfide) groups is 1. The van der Waals surface area contributed by atoms with Crippen LogP contribution in [0.5, 0.6) is 0 Å². The predicted molar refractivity (Wildman–Crippen MR) is 70.2 cm³/mol. The van der Waals surface area contributed by atoms with Crippen molar-refractivity contribution in [3.63, 3.8) is 0 Å². The number of allylic oxidation sites excluding steroid dienone is 1. The van der Waals surface area contributed by atoms with Crippen molar-refractivity contribution in [1.82, 2.24) is 0 Å². The van der Waals surface area contributed by atoms with Crippen LogP contribution in [0.15, 0.2) is 30.3 Å². The highest BCUT2D eigenvalue weighted by Crippen LogP contribution is 2.09. The van der Waals surface area contributed by atoms with E-state index < -0.39 is 5.97 Å². The van der Waals surface area contributed by atoms with Crippen molar-refractivity contribution in [3.8, 4) is 0 Å². The molecule has 0 radical (unpaired) electrons. The molecule has 1 N–H and O–H groups in total. The van der Waals surface area contributed by atoms with Crippen molar-refractivity contribution >= 4 is 28.9 Å². The number of rotatable bonds is 5. The van der Waals surface area contributed by atoms with E-state index >= 15 is 0 Å². The first-order valence-electron chi connectivity index (χ1n) is 5.23. The van der Waals surface area contributed by atoms with Gasteiger partial charge < -0.3 is 5.11 Å². The zero-order valence-electron chi connectivity index (χ0n) is 9.55. The second-order valence-corrected chi connectivity index (χ2v) is 4.73. The molecule has 0 atom stereocenters. The Labute approximate surface area is 105 Å². The first-order chi connectivity index (χ1) is 8.09. The van der Waals surface area contributed by atoms with Crippen LogP contribution in [0.4, 0.5) is 0 Å². The Morgan fingerprint density at radius 2 is 2.18 bits per heavy atom. The van der Waals surface area contributed by atoms with E-state index in [4.69, 9.17) is 5.11 Å². The van der Waals surface area contributed by atoms with Gasteiger partial charge in [0.2, 0.25) is 0 Å². The monoisotopic (exact) mass is 250 g/mol. The maximum atomic E-state index is 10.7. The molecule has 90 valence electrons. The molecular weight excluding hydrogens is 236 g/mol. The number of hydrogen-bond acceptors (Lipinski definition) is 3. The maximum Gasteiger partial charge on any atom is 0.335 e. The van der Waals surface area contributed by atoms with Crippen LogP contribution in [0.3, 0.4) is 0 Å². The smallest absolute Gasteiger partial charge is 0.335 e. The van der Waals surface area contributed by atoms with Crippen LogP contribution < -0.4 is 0 Å². The Hall–Kier alpha value is -1.55. The van der Waals surface area contributed by atoms with E-state index in [1.165, 1.54) is 11.8 Å². The average Bonchev–Trinajstić information content (AvgIpc) is 2.28. The molecule has 0 fully saturated rings. The van der Waals surface area contributed by atoms with Gasteiger partial charge in [0.25, 0.3) is 0 Å². The van der Waals surface area contributed by atoms with Gasteiger partial charge in [0, 0.05) is 12.7 Å². The molecule has 0 saturated carbocycles. The molecule has 0 aliphatic heterocycles. The Morgan fingerprint density at radius 1 is 1.41 bits per heavy atom. The van der Waals surface area contributed by atoms with Gasteiger partial charge in [0.1, 0.15) is 0 Å². The van der Waals surface area contributed by atoms with Gasteiger partial charge in [-0.3, -0.25) is 4.79 Å². The molecule has 0 aliphatic carbocycles. The topological polar surface area (TPSA) is 54.4 Å². The van der Waals surface area contributed by atoms with Crippen LogP contribution in [0.25, 0.3) is 6.08 Å². The number of carboxylic acids is 1. The van der Waals surface area contributed by atoms with E-state index in [0.717, 1.165) is 17.7 Å². The summed E-state index contributed by atoms with van der Waals surface area (Å²) in [6.45, 7) is 1.55. The Bertz CT molecular complexity index is 438. The van der Waals surface area contributed by atoms with Gasteiger partial charge in [0.15, 0.2) is 5.12 Å². The molecule has 4 heteroatoms. The minimum Gasteiger partial charge on any atom is -0.478 e. The number of carbonyl (C=O) groups is 2. The molecule has 0 saturated heterocycles. The first-order valence-corrected chi connectivity index (χ1v) is 6.21. The molecular formula is C13H14O3S. The van der Waals surface area contributed by atoms with Crippen molar-refractivity contribution in [2.75, 3.05) is 5.75 Å². The highest BCUT2D eigenvalue weighted by Gasteiger charge is 2.00. The second-order valence-electron chi connectivity index (χ2n) is 3.46. The van der Waals surface area contributed by atoms with E-state index in [1.54, 1.807) is 25.1 Å². The first kappa shape index (κ1) is 13.5. The molecule has 0 unspecified atom stereocenters. The largest absolute Gasteiger partial charge is 0.478 e. The van der Waals surface area contributed by atoms with Crippen LogP contribution in [-0.2, 0) is 4.79 Å². The molecule has 17 heavy (non-hydrogen) atoms. The Morgan fingerprint density at radius 3 is 2.82 bits per heavy atom. The maximum absolute atomic E-state index is 10.7. The Balaban J connectivity index is 2.50. The zero-order chi connectivity index (χ0) is 12.7. The fourth-order valence-electron chi connectivity index (χ4n) is 1.27. The van der Waals surface area contributed by atoms with E-state index in [0.29, 0.717) is 0 Å². The number of benzene rings is 1. The van der Waals surface area contributed by atoms with Crippen molar-refractivity contribution in [2.45, 2.75) is 13.3 Å². The lowest BCUT2D eigenvalue weighted by Crippen LogP contribution is -1.95. The quantitative estimate of drug-likeness (QED) is 0.816. The van der Waals surface area contributed by atoms with E-state index in [2.05, 4.69) is 0 Å². The van der Waals surface area contributed by atoms with Crippen LogP contribution in [0.2, 0.25) is 0 Å². The van der Waals surface area contributed by atoms with Crippen LogP contribution in [-0.4, -0.2) is 21.9 Å². The molecule has 0 amide bonds. The van der Waals surface area contributed by atoms with Crippen molar-refractivity contribution in [1.29, 1.82) is 0 Å². The molecule has 1 rings (SSSR count). The summed E-state index contributed by atoms with van der Waals surface area (Å²) in [6.07, 6.45) is 4.60. The fourth-order valence-corrected chi connectivity index (χ4v) is 1.81. The number of carbonyl (C=O) groups excluding carboxylic acids is 1. The lowest BCUT2D eigenvalue weighted by Gasteiger charge is -1.97. The standard InChI is InChI=1S/C13H14O3S/c1-10(14)17-8-3-2-5-11-6-4-7-12(9-11)13(15)16/h2,4-7,9H,3,8H2,1H3,(H,15,16). The van der Waals surface area contributed by atoms with Gasteiger partial charge in [-0.25, -0.2) is 4.79 Å². The molecule has 0 spiro atoms. The van der Waals surface area contributed by atoms with Crippen LogP contribution in [0.1, 0.15) is 29.3 Å². The van der Waals surface area contributed by atoms with Gasteiger partial charge >= 0.3 is 5.97 Å². The Kier molecular flexibility index (Phi) is 5.49. The summed E-state index contributed by atoms with van der Waals surface area (Å²) in [4.78, 5) is 21.4. The van der Waals surface area contributed by atoms with Gasteiger partial charge in [-0.2, -0.15) is 0 Å². The SMILES string of the molecule is CC(=O)SCCC=Cc1cccc(C(=O)O)c1. The molecule has 1 aromatic rings. The van der Waals surface area contributed by atoms with E-state index in [-0.39, 0.29) is 10.7 Å². The van der Waals surface area contributed by atoms with Crippen molar-refractivity contribution < 1.29 is 14.7 Å². The minimum absolute atomic E-state index is 0.117. The molecule has 0 aliphatic rings. The summed E-state index contributed by atoms with van der Waals surface area (Å²) in [7, 11) is 0. The average molecular weight is 250 g/mol. The summed E-state index contributed by atoms with van der Waals surface area (Å²) < 4.78 is 0. The summed E-state index contributed by atoms with van der Waals surface area (Å²) in [5.74, 6) is -0.169. The molecule has 3 nitrogen and oxygen atoms in total. The lowest BCUT2D eigenvalue weighted by molar-refractivity contribution is -0.109. The highest BCUT2D eigenvalue weighted by molar-refractivity contribution is 8.13. The summed E-state index contributed by atoms with van der Waals surface area (Å²) in [6, 6.07) is 6.75. The normalized spacial score (nSPS) is 10.6. The number of carboxylic acid groups (broad SMARTS) is 1. The predicted octanol–water partition coefficient (Wildman–Crippen LogP) is 3.07. The summed E-state index contributed by atoms with van der Waals surface area (Å²) in [5, 5.41) is 8.93. The van der Waals surface area contributed by atoms with Crippen molar-refractivity contribution in [2.24, 2.45) is 0 Å². The molecule has 1 aromatic carbocycles. The van der Waals surface area contributed by atoms with Gasteiger partial charge in [-0.1, -0.05) is 36.0 Å². The highest BCUT2D eigenvalue weighted by atomic mass is 32.2. The number of aromatic carboxylic acids is 1. The third-order valence-corrected chi connectivity index (χ3v) is 2.88. The fraction of sp³-hybridized carbons (Fsp3) is 0.231. The third-order valence-electron chi connectivity index (χ3n) is 2.03. The molecule has 0 aromatic heterocycles. The van der Waals surface area contributed by atoms with Crippen LogP contribution >= 0.6 is 11.8 Å². The number of hydrogen-bond donors (Lipinski definition) is 1. The molecule has 0 heterocycles. The van der Waals surface area contributed by atoms with Crippen molar-refractivity contribution in [3.05, 3.63) is 41.5 Å². The van der Waals surface area contributed by atoms with E-state index in [1.807, 2.05) is 18.2 Å². The summed E-state index contributed by atoms with van der Waals surface area (Å²) in [5.41, 5.74) is 1.14.